The Labute approximate surface area is 111 Å². The number of amides is 1. The molecule has 17 heavy (non-hydrogen) atoms. The first kappa shape index (κ1) is 12.7. The molecular weight excluding hydrogens is 259 g/mol. The highest BCUT2D eigenvalue weighted by atomic mass is 35.5. The second-order valence-corrected chi connectivity index (χ2v) is 5.50. The zero-order chi connectivity index (χ0) is 12.5. The number of carbonyl (C=O) groups excluding carboxylic acids is 1. The van der Waals surface area contributed by atoms with Gasteiger partial charge in [-0.3, -0.25) is 4.79 Å². The van der Waals surface area contributed by atoms with E-state index in [0.717, 1.165) is 25.7 Å². The van der Waals surface area contributed by atoms with E-state index in [-0.39, 0.29) is 16.6 Å². The molecule has 1 aliphatic carbocycles. The summed E-state index contributed by atoms with van der Waals surface area (Å²) in [5.74, 6) is -0.177. The van der Waals surface area contributed by atoms with Gasteiger partial charge in [-0.05, 0) is 25.8 Å². The van der Waals surface area contributed by atoms with Gasteiger partial charge in [0.2, 0.25) is 0 Å². The Morgan fingerprint density at radius 2 is 2.06 bits per heavy atom. The van der Waals surface area contributed by atoms with Crippen molar-refractivity contribution < 1.29 is 4.79 Å². The molecular formula is C12H14Cl2N2O. The van der Waals surface area contributed by atoms with Gasteiger partial charge in [-0.25, -0.2) is 4.98 Å². The summed E-state index contributed by atoms with van der Waals surface area (Å²) in [6.45, 7) is 2.06. The van der Waals surface area contributed by atoms with Crippen molar-refractivity contribution in [1.82, 2.24) is 10.3 Å². The molecule has 3 nitrogen and oxygen atoms in total. The molecule has 1 fully saturated rings. The van der Waals surface area contributed by atoms with Gasteiger partial charge in [-0.15, -0.1) is 0 Å². The summed E-state index contributed by atoms with van der Waals surface area (Å²) in [6.07, 6.45) is 5.73. The van der Waals surface area contributed by atoms with Crippen molar-refractivity contribution in [3.05, 3.63) is 28.0 Å². The van der Waals surface area contributed by atoms with Gasteiger partial charge < -0.3 is 5.32 Å². The van der Waals surface area contributed by atoms with Crippen LogP contribution in [0.3, 0.4) is 0 Å². The normalized spacial score (nSPS) is 18.1. The molecule has 1 heterocycles. The molecule has 0 saturated heterocycles. The lowest BCUT2D eigenvalue weighted by Gasteiger charge is -2.25. The Hall–Kier alpha value is -0.800. The van der Waals surface area contributed by atoms with Crippen molar-refractivity contribution in [3.63, 3.8) is 0 Å². The second kappa shape index (κ2) is 4.83. The van der Waals surface area contributed by atoms with Crippen LogP contribution >= 0.6 is 23.2 Å². The lowest BCUT2D eigenvalue weighted by molar-refractivity contribution is 0.0908. The lowest BCUT2D eigenvalue weighted by Crippen LogP contribution is -2.43. The molecule has 1 saturated carbocycles. The molecule has 92 valence electrons. The number of nitrogens with zero attached hydrogens (tertiary/aromatic N) is 1. The molecule has 1 amide bonds. The molecule has 5 heteroatoms. The van der Waals surface area contributed by atoms with Gasteiger partial charge in [-0.1, -0.05) is 36.0 Å². The van der Waals surface area contributed by atoms with Crippen molar-refractivity contribution in [2.45, 2.75) is 38.1 Å². The number of rotatable bonds is 2. The average molecular weight is 273 g/mol. The molecule has 0 spiro atoms. The largest absolute Gasteiger partial charge is 0.347 e. The second-order valence-electron chi connectivity index (χ2n) is 4.71. The number of halogens is 2. The minimum atomic E-state index is -0.177. The molecule has 0 aliphatic heterocycles. The topological polar surface area (TPSA) is 42.0 Å². The summed E-state index contributed by atoms with van der Waals surface area (Å²) >= 11 is 11.7. The van der Waals surface area contributed by atoms with Crippen molar-refractivity contribution in [2.75, 3.05) is 0 Å². The van der Waals surface area contributed by atoms with Crippen LogP contribution in [0, 0.1) is 0 Å². The number of carbonyl (C=O) groups is 1. The SMILES string of the molecule is CC1(NC(=O)c2cc(Cl)ncc2Cl)CCCC1. The van der Waals surface area contributed by atoms with E-state index < -0.39 is 0 Å². The third kappa shape index (κ3) is 2.90. The highest BCUT2D eigenvalue weighted by Gasteiger charge is 2.30. The molecule has 0 unspecified atom stereocenters. The minimum Gasteiger partial charge on any atom is -0.347 e. The van der Waals surface area contributed by atoms with E-state index in [1.54, 1.807) is 0 Å². The van der Waals surface area contributed by atoms with E-state index in [0.29, 0.717) is 10.6 Å². The van der Waals surface area contributed by atoms with E-state index >= 15 is 0 Å². The Morgan fingerprint density at radius 3 is 2.71 bits per heavy atom. The van der Waals surface area contributed by atoms with Crippen LogP contribution in [0.15, 0.2) is 12.3 Å². The number of aromatic nitrogens is 1. The van der Waals surface area contributed by atoms with Crippen LogP contribution in [0.2, 0.25) is 10.2 Å². The summed E-state index contributed by atoms with van der Waals surface area (Å²) in [4.78, 5) is 15.9. The van der Waals surface area contributed by atoms with Crippen LogP contribution < -0.4 is 5.32 Å². The zero-order valence-electron chi connectivity index (χ0n) is 9.59. The Bertz CT molecular complexity index is 442. The summed E-state index contributed by atoms with van der Waals surface area (Å²) in [5, 5.41) is 3.63. The number of nitrogens with one attached hydrogen (secondary N) is 1. The molecule has 1 aromatic heterocycles. The van der Waals surface area contributed by atoms with E-state index in [1.807, 2.05) is 0 Å². The smallest absolute Gasteiger partial charge is 0.253 e. The maximum atomic E-state index is 12.1. The van der Waals surface area contributed by atoms with Crippen LogP contribution in [-0.4, -0.2) is 16.4 Å². The summed E-state index contributed by atoms with van der Waals surface area (Å²) in [6, 6.07) is 1.50. The number of hydrogen-bond donors (Lipinski definition) is 1. The van der Waals surface area contributed by atoms with Crippen molar-refractivity contribution >= 4 is 29.1 Å². The maximum absolute atomic E-state index is 12.1. The lowest BCUT2D eigenvalue weighted by atomic mass is 10.0. The minimum absolute atomic E-state index is 0.115. The van der Waals surface area contributed by atoms with E-state index in [4.69, 9.17) is 23.2 Å². The van der Waals surface area contributed by atoms with Crippen LogP contribution in [0.25, 0.3) is 0 Å². The van der Waals surface area contributed by atoms with Gasteiger partial charge in [0.15, 0.2) is 0 Å². The molecule has 0 atom stereocenters. The van der Waals surface area contributed by atoms with Crippen molar-refractivity contribution in [3.8, 4) is 0 Å². The molecule has 1 N–H and O–H groups in total. The molecule has 0 bridgehead atoms. The third-order valence-corrected chi connectivity index (χ3v) is 3.70. The Kier molecular flexibility index (Phi) is 3.59. The summed E-state index contributed by atoms with van der Waals surface area (Å²) < 4.78 is 0. The molecule has 0 aromatic carbocycles. The predicted octanol–water partition coefficient (Wildman–Crippen LogP) is 3.45. The van der Waals surface area contributed by atoms with E-state index in [2.05, 4.69) is 17.2 Å². The predicted molar refractivity (Wildman–Crippen MR) is 68.6 cm³/mol. The highest BCUT2D eigenvalue weighted by molar-refractivity contribution is 6.35. The first-order valence-electron chi connectivity index (χ1n) is 5.64. The fraction of sp³-hybridized carbons (Fsp3) is 0.500. The summed E-state index contributed by atoms with van der Waals surface area (Å²) in [7, 11) is 0. The first-order chi connectivity index (χ1) is 8.00. The van der Waals surface area contributed by atoms with Gasteiger partial charge in [0.1, 0.15) is 5.15 Å². The van der Waals surface area contributed by atoms with Crippen molar-refractivity contribution in [1.29, 1.82) is 0 Å². The van der Waals surface area contributed by atoms with E-state index in [9.17, 15) is 4.79 Å². The molecule has 1 aromatic rings. The van der Waals surface area contributed by atoms with Gasteiger partial charge in [0.05, 0.1) is 10.6 Å². The fourth-order valence-electron chi connectivity index (χ4n) is 2.21. The fourth-order valence-corrected chi connectivity index (χ4v) is 2.56. The molecule has 0 radical (unpaired) electrons. The Balaban J connectivity index is 2.17. The monoisotopic (exact) mass is 272 g/mol. The van der Waals surface area contributed by atoms with Crippen LogP contribution in [0.5, 0.6) is 0 Å². The van der Waals surface area contributed by atoms with Gasteiger partial charge in [-0.2, -0.15) is 0 Å². The van der Waals surface area contributed by atoms with Crippen LogP contribution in [0.1, 0.15) is 43.0 Å². The zero-order valence-corrected chi connectivity index (χ0v) is 11.1. The molecule has 2 rings (SSSR count). The number of pyridine rings is 1. The standard InChI is InChI=1S/C12H14Cl2N2O/c1-12(4-2-3-5-12)16-11(17)8-6-10(14)15-7-9(8)13/h6-7H,2-5H2,1H3,(H,16,17). The average Bonchev–Trinajstić information content (AvgIpc) is 2.68. The quantitative estimate of drug-likeness (QED) is 0.838. The van der Waals surface area contributed by atoms with Gasteiger partial charge >= 0.3 is 0 Å². The highest BCUT2D eigenvalue weighted by Crippen LogP contribution is 2.29. The first-order valence-corrected chi connectivity index (χ1v) is 6.39. The van der Waals surface area contributed by atoms with Crippen LogP contribution in [-0.2, 0) is 0 Å². The number of hydrogen-bond acceptors (Lipinski definition) is 2. The van der Waals surface area contributed by atoms with Crippen molar-refractivity contribution in [2.24, 2.45) is 0 Å². The Morgan fingerprint density at radius 1 is 1.41 bits per heavy atom. The summed E-state index contributed by atoms with van der Waals surface area (Å²) in [5.41, 5.74) is 0.274. The van der Waals surface area contributed by atoms with Crippen LogP contribution in [0.4, 0.5) is 0 Å². The molecule has 1 aliphatic rings. The maximum Gasteiger partial charge on any atom is 0.253 e. The van der Waals surface area contributed by atoms with Gasteiger partial charge in [0.25, 0.3) is 5.91 Å². The van der Waals surface area contributed by atoms with E-state index in [1.165, 1.54) is 12.3 Å². The van der Waals surface area contributed by atoms with Gasteiger partial charge in [0, 0.05) is 11.7 Å². The third-order valence-electron chi connectivity index (χ3n) is 3.19.